The van der Waals surface area contributed by atoms with Gasteiger partial charge >= 0.3 is 5.97 Å². The molecule has 7 heteroatoms. The van der Waals surface area contributed by atoms with Gasteiger partial charge in [-0.15, -0.1) is 0 Å². The number of aliphatic hydroxyl groups excluding tert-OH is 3. The summed E-state index contributed by atoms with van der Waals surface area (Å²) in [5.74, 6) is -1.41. The number of hydrogen-bond acceptors (Lipinski definition) is 6. The molecular formula is C10H18O7. The molecule has 1 rings (SSSR count). The highest BCUT2D eigenvalue weighted by atomic mass is 16.7. The fourth-order valence-corrected chi connectivity index (χ4v) is 1.53. The third-order valence-electron chi connectivity index (χ3n) is 2.59. The van der Waals surface area contributed by atoms with E-state index in [4.69, 9.17) is 14.6 Å². The van der Waals surface area contributed by atoms with Crippen molar-refractivity contribution in [3.8, 4) is 0 Å². The lowest BCUT2D eigenvalue weighted by Gasteiger charge is -2.38. The average molecular weight is 250 g/mol. The van der Waals surface area contributed by atoms with E-state index in [0.717, 1.165) is 12.8 Å². The quantitative estimate of drug-likeness (QED) is 0.448. The Morgan fingerprint density at radius 3 is 2.41 bits per heavy atom. The lowest BCUT2D eigenvalue weighted by Crippen LogP contribution is -2.60. The summed E-state index contributed by atoms with van der Waals surface area (Å²) in [6.07, 6.45) is -5.97. The standard InChI is InChI=1S/C10H18O7/c1-2-3-4-16-10-7(13)5(11)6(12)8(17-10)9(14)15/h5-8,10-13H,2-4H2,1H3,(H,14,15)/t5-,6-,7+,8-,10+/m0/s1. The van der Waals surface area contributed by atoms with E-state index >= 15 is 0 Å². The molecule has 5 atom stereocenters. The molecule has 1 aliphatic heterocycles. The van der Waals surface area contributed by atoms with Crippen LogP contribution < -0.4 is 0 Å². The van der Waals surface area contributed by atoms with Crippen molar-refractivity contribution in [1.29, 1.82) is 0 Å². The van der Waals surface area contributed by atoms with Gasteiger partial charge in [-0.2, -0.15) is 0 Å². The van der Waals surface area contributed by atoms with Gasteiger partial charge in [0.2, 0.25) is 0 Å². The maximum absolute atomic E-state index is 10.8. The van der Waals surface area contributed by atoms with Crippen LogP contribution in [0.4, 0.5) is 0 Å². The van der Waals surface area contributed by atoms with Crippen LogP contribution in [0.2, 0.25) is 0 Å². The van der Waals surface area contributed by atoms with Crippen LogP contribution in [0, 0.1) is 0 Å². The van der Waals surface area contributed by atoms with Gasteiger partial charge in [-0.3, -0.25) is 0 Å². The maximum atomic E-state index is 10.8. The molecular weight excluding hydrogens is 232 g/mol. The van der Waals surface area contributed by atoms with Crippen molar-refractivity contribution in [2.75, 3.05) is 6.61 Å². The Labute approximate surface area is 98.6 Å². The summed E-state index contributed by atoms with van der Waals surface area (Å²) >= 11 is 0. The number of unbranched alkanes of at least 4 members (excludes halogenated alkanes) is 1. The van der Waals surface area contributed by atoms with Crippen molar-refractivity contribution in [3.63, 3.8) is 0 Å². The van der Waals surface area contributed by atoms with Gasteiger partial charge < -0.3 is 29.9 Å². The molecule has 0 spiro atoms. The van der Waals surface area contributed by atoms with E-state index in [1.54, 1.807) is 0 Å². The van der Waals surface area contributed by atoms with Crippen molar-refractivity contribution in [1.82, 2.24) is 0 Å². The highest BCUT2D eigenvalue weighted by molar-refractivity contribution is 5.73. The highest BCUT2D eigenvalue weighted by Gasteiger charge is 2.47. The van der Waals surface area contributed by atoms with Crippen LogP contribution in [-0.2, 0) is 14.3 Å². The van der Waals surface area contributed by atoms with Crippen molar-refractivity contribution in [2.45, 2.75) is 50.5 Å². The van der Waals surface area contributed by atoms with E-state index < -0.39 is 36.7 Å². The summed E-state index contributed by atoms with van der Waals surface area (Å²) in [7, 11) is 0. The molecule has 4 N–H and O–H groups in total. The summed E-state index contributed by atoms with van der Waals surface area (Å²) in [5, 5.41) is 37.2. The van der Waals surface area contributed by atoms with Crippen LogP contribution in [0.25, 0.3) is 0 Å². The number of aliphatic hydroxyl groups is 3. The Kier molecular flexibility index (Phi) is 5.29. The second-order valence-electron chi connectivity index (χ2n) is 3.96. The molecule has 0 aromatic carbocycles. The minimum Gasteiger partial charge on any atom is -0.479 e. The van der Waals surface area contributed by atoms with E-state index in [1.807, 2.05) is 6.92 Å². The van der Waals surface area contributed by atoms with Crippen molar-refractivity contribution in [2.24, 2.45) is 0 Å². The van der Waals surface area contributed by atoms with Crippen LogP contribution in [0.15, 0.2) is 0 Å². The molecule has 17 heavy (non-hydrogen) atoms. The monoisotopic (exact) mass is 250 g/mol. The first-order valence-corrected chi connectivity index (χ1v) is 5.53. The van der Waals surface area contributed by atoms with Crippen LogP contribution in [0.5, 0.6) is 0 Å². The molecule has 1 heterocycles. The van der Waals surface area contributed by atoms with Gasteiger partial charge in [0.15, 0.2) is 12.4 Å². The fourth-order valence-electron chi connectivity index (χ4n) is 1.53. The van der Waals surface area contributed by atoms with Gasteiger partial charge in [0.25, 0.3) is 0 Å². The third-order valence-corrected chi connectivity index (χ3v) is 2.59. The zero-order valence-electron chi connectivity index (χ0n) is 9.52. The molecule has 0 amide bonds. The Balaban J connectivity index is 2.61. The number of carbonyl (C=O) groups is 1. The predicted molar refractivity (Wildman–Crippen MR) is 55.2 cm³/mol. The first-order valence-electron chi connectivity index (χ1n) is 5.53. The van der Waals surface area contributed by atoms with E-state index in [2.05, 4.69) is 0 Å². The van der Waals surface area contributed by atoms with Crippen molar-refractivity contribution >= 4 is 5.97 Å². The Morgan fingerprint density at radius 2 is 1.88 bits per heavy atom. The molecule has 0 aromatic rings. The molecule has 1 fully saturated rings. The zero-order chi connectivity index (χ0) is 13.0. The molecule has 0 saturated carbocycles. The second-order valence-corrected chi connectivity index (χ2v) is 3.96. The Hall–Kier alpha value is -0.730. The molecule has 0 radical (unpaired) electrons. The minimum atomic E-state index is -1.67. The summed E-state index contributed by atoms with van der Waals surface area (Å²) < 4.78 is 10.0. The van der Waals surface area contributed by atoms with Crippen LogP contribution in [-0.4, -0.2) is 63.7 Å². The lowest BCUT2D eigenvalue weighted by atomic mass is 9.99. The van der Waals surface area contributed by atoms with Crippen LogP contribution in [0.3, 0.4) is 0 Å². The maximum Gasteiger partial charge on any atom is 0.335 e. The van der Waals surface area contributed by atoms with Gasteiger partial charge in [-0.25, -0.2) is 4.79 Å². The molecule has 0 bridgehead atoms. The van der Waals surface area contributed by atoms with Crippen molar-refractivity contribution in [3.05, 3.63) is 0 Å². The molecule has 0 aromatic heterocycles. The van der Waals surface area contributed by atoms with Gasteiger partial charge in [0, 0.05) is 6.61 Å². The van der Waals surface area contributed by atoms with Crippen molar-refractivity contribution < 1.29 is 34.7 Å². The number of carboxylic acid groups (broad SMARTS) is 1. The Morgan fingerprint density at radius 1 is 1.24 bits per heavy atom. The molecule has 1 saturated heterocycles. The Bertz CT molecular complexity index is 257. The number of aliphatic carboxylic acids is 1. The van der Waals surface area contributed by atoms with Gasteiger partial charge in [0.05, 0.1) is 0 Å². The van der Waals surface area contributed by atoms with Crippen LogP contribution in [0.1, 0.15) is 19.8 Å². The number of carboxylic acids is 1. The normalized spacial score (nSPS) is 38.0. The van der Waals surface area contributed by atoms with Gasteiger partial charge in [0.1, 0.15) is 18.3 Å². The third kappa shape index (κ3) is 3.36. The number of hydrogen-bond donors (Lipinski definition) is 4. The van der Waals surface area contributed by atoms with E-state index in [-0.39, 0.29) is 6.61 Å². The average Bonchev–Trinajstić information content (AvgIpc) is 2.29. The topological polar surface area (TPSA) is 116 Å². The summed E-state index contributed by atoms with van der Waals surface area (Å²) in [6.45, 7) is 2.23. The van der Waals surface area contributed by atoms with E-state index in [1.165, 1.54) is 0 Å². The predicted octanol–water partition coefficient (Wildman–Crippen LogP) is -1.30. The van der Waals surface area contributed by atoms with Crippen LogP contribution >= 0.6 is 0 Å². The minimum absolute atomic E-state index is 0.285. The SMILES string of the molecule is CCCCO[C@@H]1O[C@H](C(=O)O)[C@@H](O)[C@H](O)[C@H]1O. The number of ether oxygens (including phenoxy) is 2. The number of rotatable bonds is 5. The first-order chi connectivity index (χ1) is 7.99. The van der Waals surface area contributed by atoms with Gasteiger partial charge in [-0.1, -0.05) is 13.3 Å². The van der Waals surface area contributed by atoms with Gasteiger partial charge in [-0.05, 0) is 6.42 Å². The largest absolute Gasteiger partial charge is 0.479 e. The molecule has 1 aliphatic rings. The highest BCUT2D eigenvalue weighted by Crippen LogP contribution is 2.22. The fraction of sp³-hybridized carbons (Fsp3) is 0.900. The molecule has 0 aliphatic carbocycles. The molecule has 0 unspecified atom stereocenters. The summed E-state index contributed by atoms with van der Waals surface area (Å²) in [4.78, 5) is 10.8. The summed E-state index contributed by atoms with van der Waals surface area (Å²) in [6, 6.07) is 0. The summed E-state index contributed by atoms with van der Waals surface area (Å²) in [5.41, 5.74) is 0. The second kappa shape index (κ2) is 6.27. The first kappa shape index (κ1) is 14.3. The van der Waals surface area contributed by atoms with E-state index in [9.17, 15) is 20.1 Å². The molecule has 7 nitrogen and oxygen atoms in total. The smallest absolute Gasteiger partial charge is 0.335 e. The zero-order valence-corrected chi connectivity index (χ0v) is 9.52. The van der Waals surface area contributed by atoms with E-state index in [0.29, 0.717) is 0 Å². The lowest BCUT2D eigenvalue weighted by molar-refractivity contribution is -0.294. The molecule has 100 valence electrons.